The molecule has 98 valence electrons. The smallest absolute Gasteiger partial charge is 0.307 e. The van der Waals surface area contributed by atoms with Crippen LogP contribution in [0.2, 0.25) is 0 Å². The Morgan fingerprint density at radius 1 is 1.41 bits per heavy atom. The highest BCUT2D eigenvalue weighted by molar-refractivity contribution is 5.76. The normalized spacial score (nSPS) is 28.2. The van der Waals surface area contributed by atoms with Gasteiger partial charge in [0.15, 0.2) is 0 Å². The Kier molecular flexibility index (Phi) is 4.75. The van der Waals surface area contributed by atoms with E-state index in [1.165, 1.54) is 0 Å². The minimum Gasteiger partial charge on any atom is -0.481 e. The number of aliphatic hydroxyl groups is 1. The second kappa shape index (κ2) is 5.67. The summed E-state index contributed by atoms with van der Waals surface area (Å²) in [6, 6.07) is 0. The fourth-order valence-corrected chi connectivity index (χ4v) is 2.46. The van der Waals surface area contributed by atoms with E-state index in [2.05, 4.69) is 6.92 Å². The van der Waals surface area contributed by atoms with Gasteiger partial charge < -0.3 is 10.2 Å². The number of allylic oxidation sites excluding steroid dienone is 1. The van der Waals surface area contributed by atoms with Gasteiger partial charge in [-0.1, -0.05) is 52.2 Å². The average molecular weight is 240 g/mol. The molecule has 0 saturated heterocycles. The number of aliphatic carboxylic acids is 1. The molecular formula is C14H24O3. The van der Waals surface area contributed by atoms with Crippen molar-refractivity contribution in [2.75, 3.05) is 0 Å². The van der Waals surface area contributed by atoms with Crippen molar-refractivity contribution in [2.45, 2.75) is 52.6 Å². The van der Waals surface area contributed by atoms with Gasteiger partial charge in [0.05, 0.1) is 12.0 Å². The molecule has 0 bridgehead atoms. The lowest BCUT2D eigenvalue weighted by Crippen LogP contribution is -2.03. The number of aliphatic hydroxyl groups excluding tert-OH is 1. The van der Waals surface area contributed by atoms with Crippen molar-refractivity contribution in [3.63, 3.8) is 0 Å². The average Bonchev–Trinajstić information content (AvgIpc) is 2.78. The lowest BCUT2D eigenvalue weighted by molar-refractivity contribution is -0.139. The van der Waals surface area contributed by atoms with Crippen molar-refractivity contribution >= 4 is 5.97 Å². The predicted octanol–water partition coefficient (Wildman–Crippen LogP) is 2.84. The Hall–Kier alpha value is -0.830. The van der Waals surface area contributed by atoms with Gasteiger partial charge in [-0.05, 0) is 17.8 Å². The van der Waals surface area contributed by atoms with Gasteiger partial charge in [0.1, 0.15) is 0 Å². The van der Waals surface area contributed by atoms with E-state index in [1.807, 2.05) is 19.9 Å². The Balaban J connectivity index is 2.37. The molecule has 0 aromatic rings. The second-order valence-corrected chi connectivity index (χ2v) is 5.61. The van der Waals surface area contributed by atoms with Crippen molar-refractivity contribution in [2.24, 2.45) is 17.3 Å². The molecule has 0 radical (unpaired) electrons. The molecule has 1 aliphatic rings. The molecule has 0 spiro atoms. The molecule has 0 aromatic carbocycles. The van der Waals surface area contributed by atoms with Crippen molar-refractivity contribution in [3.8, 4) is 0 Å². The first kappa shape index (κ1) is 14.2. The van der Waals surface area contributed by atoms with E-state index in [0.29, 0.717) is 0 Å². The molecule has 1 fully saturated rings. The third-order valence-electron chi connectivity index (χ3n) is 3.82. The summed E-state index contributed by atoms with van der Waals surface area (Å²) in [4.78, 5) is 10.9. The largest absolute Gasteiger partial charge is 0.481 e. The number of carboxylic acid groups (broad SMARTS) is 1. The van der Waals surface area contributed by atoms with Crippen LogP contribution in [0, 0.1) is 17.3 Å². The highest BCUT2D eigenvalue weighted by atomic mass is 16.4. The van der Waals surface area contributed by atoms with Crippen molar-refractivity contribution in [1.82, 2.24) is 0 Å². The molecule has 0 heterocycles. The summed E-state index contributed by atoms with van der Waals surface area (Å²) in [6.45, 7) is 6.06. The Bertz CT molecular complexity index is 294. The van der Waals surface area contributed by atoms with E-state index in [1.54, 1.807) is 6.08 Å². The third kappa shape index (κ3) is 3.56. The molecular weight excluding hydrogens is 216 g/mol. The fourth-order valence-electron chi connectivity index (χ4n) is 2.46. The first-order valence-corrected chi connectivity index (χ1v) is 6.50. The van der Waals surface area contributed by atoms with Gasteiger partial charge in [0.2, 0.25) is 0 Å². The van der Waals surface area contributed by atoms with E-state index in [0.717, 1.165) is 25.7 Å². The summed E-state index contributed by atoms with van der Waals surface area (Å²) in [5.74, 6) is -0.951. The van der Waals surface area contributed by atoms with Crippen LogP contribution < -0.4 is 0 Å². The molecule has 3 atom stereocenters. The van der Waals surface area contributed by atoms with Crippen LogP contribution in [0.5, 0.6) is 0 Å². The molecule has 3 unspecified atom stereocenters. The summed E-state index contributed by atoms with van der Waals surface area (Å²) in [6.07, 6.45) is 7.31. The summed E-state index contributed by atoms with van der Waals surface area (Å²) in [5.41, 5.74) is -0.161. The van der Waals surface area contributed by atoms with Crippen LogP contribution in [-0.4, -0.2) is 22.3 Å². The zero-order chi connectivity index (χ0) is 13.1. The number of rotatable bonds is 7. The third-order valence-corrected chi connectivity index (χ3v) is 3.82. The number of hydrogen-bond donors (Lipinski definition) is 2. The topological polar surface area (TPSA) is 57.5 Å². The lowest BCUT2D eigenvalue weighted by atomic mass is 10.1. The zero-order valence-electron chi connectivity index (χ0n) is 11.0. The van der Waals surface area contributed by atoms with E-state index >= 15 is 0 Å². The van der Waals surface area contributed by atoms with E-state index in [9.17, 15) is 9.90 Å². The van der Waals surface area contributed by atoms with Crippen molar-refractivity contribution in [1.29, 1.82) is 0 Å². The highest BCUT2D eigenvalue weighted by Gasteiger charge is 2.60. The molecule has 2 N–H and O–H groups in total. The monoisotopic (exact) mass is 240 g/mol. The minimum atomic E-state index is -0.731. The van der Waals surface area contributed by atoms with Gasteiger partial charge >= 0.3 is 5.97 Å². The van der Waals surface area contributed by atoms with Crippen LogP contribution in [0.3, 0.4) is 0 Å². The van der Waals surface area contributed by atoms with E-state index in [4.69, 9.17) is 5.11 Å². The fraction of sp³-hybridized carbons (Fsp3) is 0.786. The summed E-state index contributed by atoms with van der Waals surface area (Å²) in [7, 11) is 0. The van der Waals surface area contributed by atoms with Crippen LogP contribution in [0.25, 0.3) is 0 Å². The number of hydrogen-bond acceptors (Lipinski definition) is 2. The quantitative estimate of drug-likeness (QED) is 0.531. The van der Waals surface area contributed by atoms with Gasteiger partial charge in [-0.2, -0.15) is 0 Å². The van der Waals surface area contributed by atoms with Crippen molar-refractivity contribution in [3.05, 3.63) is 12.2 Å². The molecule has 0 aliphatic heterocycles. The van der Waals surface area contributed by atoms with Gasteiger partial charge in [-0.25, -0.2) is 0 Å². The van der Waals surface area contributed by atoms with E-state index in [-0.39, 0.29) is 17.3 Å². The van der Waals surface area contributed by atoms with Crippen LogP contribution in [0.4, 0.5) is 0 Å². The summed E-state index contributed by atoms with van der Waals surface area (Å²) >= 11 is 0. The Labute approximate surface area is 104 Å². The molecule has 17 heavy (non-hydrogen) atoms. The minimum absolute atomic E-state index is 0.0702. The molecule has 3 heteroatoms. The second-order valence-electron chi connectivity index (χ2n) is 5.61. The molecule has 1 rings (SSSR count). The molecule has 0 amide bonds. The maximum absolute atomic E-state index is 10.9. The van der Waals surface area contributed by atoms with Gasteiger partial charge in [-0.15, -0.1) is 0 Å². The first-order chi connectivity index (χ1) is 7.91. The van der Waals surface area contributed by atoms with Crippen LogP contribution in [-0.2, 0) is 4.79 Å². The number of carbonyl (C=O) groups is 1. The number of carboxylic acids is 1. The summed E-state index contributed by atoms with van der Waals surface area (Å²) < 4.78 is 0. The molecule has 3 nitrogen and oxygen atoms in total. The predicted molar refractivity (Wildman–Crippen MR) is 67.7 cm³/mol. The van der Waals surface area contributed by atoms with Gasteiger partial charge in [-0.3, -0.25) is 4.79 Å². The SMILES string of the molecule is CCCCCC(O)C=CC1C(C(=O)O)C1(C)C. The number of unbranched alkanes of at least 4 members (excludes halogenated alkanes) is 2. The van der Waals surface area contributed by atoms with E-state index < -0.39 is 12.1 Å². The Morgan fingerprint density at radius 2 is 2.06 bits per heavy atom. The summed E-state index contributed by atoms with van der Waals surface area (Å²) in [5, 5.41) is 18.7. The van der Waals surface area contributed by atoms with Crippen LogP contribution >= 0.6 is 0 Å². The Morgan fingerprint density at radius 3 is 2.53 bits per heavy atom. The van der Waals surface area contributed by atoms with Crippen LogP contribution in [0.1, 0.15) is 46.5 Å². The molecule has 1 saturated carbocycles. The van der Waals surface area contributed by atoms with Crippen molar-refractivity contribution < 1.29 is 15.0 Å². The maximum Gasteiger partial charge on any atom is 0.307 e. The molecule has 1 aliphatic carbocycles. The maximum atomic E-state index is 10.9. The first-order valence-electron chi connectivity index (χ1n) is 6.50. The van der Waals surface area contributed by atoms with Gasteiger partial charge in [0.25, 0.3) is 0 Å². The molecule has 0 aromatic heterocycles. The standard InChI is InChI=1S/C14H24O3/c1-4-5-6-7-10(15)8-9-11-12(13(16)17)14(11,2)3/h8-12,15H,4-7H2,1-3H3,(H,16,17). The zero-order valence-corrected chi connectivity index (χ0v) is 11.0. The van der Waals surface area contributed by atoms with Crippen LogP contribution in [0.15, 0.2) is 12.2 Å². The van der Waals surface area contributed by atoms with Gasteiger partial charge in [0, 0.05) is 0 Å². The lowest BCUT2D eigenvalue weighted by Gasteiger charge is -2.04. The highest BCUT2D eigenvalue weighted by Crippen LogP contribution is 2.59.